The molecule has 1 aliphatic heterocycles. The van der Waals surface area contributed by atoms with Gasteiger partial charge in [0.05, 0.1) is 13.2 Å². The number of carbonyl (C=O) groups is 1. The average molecular weight is 155 g/mol. The van der Waals surface area contributed by atoms with Crippen molar-refractivity contribution in [3.05, 3.63) is 0 Å². The summed E-state index contributed by atoms with van der Waals surface area (Å²) in [5.41, 5.74) is 0. The standard InChI is InChI=1S/C7H9NO3/c1-2-6-5-11-4-3-8(6)7(9)10/h1,6H,3-5H2,(H,9,10)/t6-/m0/s1. The number of terminal acetylenes is 1. The summed E-state index contributed by atoms with van der Waals surface area (Å²) in [5.74, 6) is 2.36. The van der Waals surface area contributed by atoms with E-state index in [9.17, 15) is 4.79 Å². The van der Waals surface area contributed by atoms with Crippen LogP contribution in [0.25, 0.3) is 0 Å². The van der Waals surface area contributed by atoms with Crippen molar-refractivity contribution in [1.82, 2.24) is 4.90 Å². The molecule has 0 aliphatic carbocycles. The van der Waals surface area contributed by atoms with Gasteiger partial charge < -0.3 is 9.84 Å². The molecule has 1 amide bonds. The van der Waals surface area contributed by atoms with Crippen LogP contribution in [0.15, 0.2) is 0 Å². The molecule has 0 radical (unpaired) electrons. The van der Waals surface area contributed by atoms with Gasteiger partial charge in [-0.2, -0.15) is 0 Å². The van der Waals surface area contributed by atoms with Crippen LogP contribution < -0.4 is 0 Å². The summed E-state index contributed by atoms with van der Waals surface area (Å²) in [7, 11) is 0. The number of amides is 1. The Balaban J connectivity index is 2.60. The highest BCUT2D eigenvalue weighted by atomic mass is 16.5. The molecule has 1 atom stereocenters. The Morgan fingerprint density at radius 1 is 1.82 bits per heavy atom. The number of morpholine rings is 1. The zero-order valence-electron chi connectivity index (χ0n) is 5.99. The molecule has 1 heterocycles. The summed E-state index contributed by atoms with van der Waals surface area (Å²) in [4.78, 5) is 11.7. The molecule has 1 aliphatic rings. The third-order valence-corrected chi connectivity index (χ3v) is 1.57. The lowest BCUT2D eigenvalue weighted by molar-refractivity contribution is 0.0184. The average Bonchev–Trinajstić information content (AvgIpc) is 2.04. The zero-order valence-corrected chi connectivity index (χ0v) is 5.99. The van der Waals surface area contributed by atoms with Gasteiger partial charge >= 0.3 is 6.09 Å². The van der Waals surface area contributed by atoms with Gasteiger partial charge in [0, 0.05) is 6.54 Å². The highest BCUT2D eigenvalue weighted by Gasteiger charge is 2.24. The highest BCUT2D eigenvalue weighted by Crippen LogP contribution is 2.05. The van der Waals surface area contributed by atoms with Crippen molar-refractivity contribution in [2.75, 3.05) is 19.8 Å². The fraction of sp³-hybridized carbons (Fsp3) is 0.571. The van der Waals surface area contributed by atoms with E-state index in [-0.39, 0.29) is 0 Å². The van der Waals surface area contributed by atoms with E-state index in [1.807, 2.05) is 0 Å². The van der Waals surface area contributed by atoms with Crippen LogP contribution in [-0.2, 0) is 4.74 Å². The fourth-order valence-corrected chi connectivity index (χ4v) is 0.971. The van der Waals surface area contributed by atoms with Crippen LogP contribution in [0.3, 0.4) is 0 Å². The van der Waals surface area contributed by atoms with E-state index in [4.69, 9.17) is 16.3 Å². The Kier molecular flexibility index (Phi) is 2.34. The lowest BCUT2D eigenvalue weighted by Crippen LogP contribution is -2.47. The summed E-state index contributed by atoms with van der Waals surface area (Å²) in [6, 6.07) is -0.416. The number of hydrogen-bond donors (Lipinski definition) is 1. The van der Waals surface area contributed by atoms with Crippen molar-refractivity contribution in [1.29, 1.82) is 0 Å². The zero-order chi connectivity index (χ0) is 8.27. The molecule has 0 unspecified atom stereocenters. The van der Waals surface area contributed by atoms with Crippen LogP contribution in [0.4, 0.5) is 4.79 Å². The second-order valence-electron chi connectivity index (χ2n) is 2.23. The van der Waals surface area contributed by atoms with E-state index >= 15 is 0 Å². The Morgan fingerprint density at radius 2 is 2.55 bits per heavy atom. The number of hydrogen-bond acceptors (Lipinski definition) is 2. The van der Waals surface area contributed by atoms with Gasteiger partial charge in [-0.1, -0.05) is 5.92 Å². The maximum atomic E-state index is 10.5. The first-order chi connectivity index (χ1) is 5.25. The van der Waals surface area contributed by atoms with E-state index in [1.54, 1.807) is 0 Å². The van der Waals surface area contributed by atoms with Crippen molar-refractivity contribution in [2.24, 2.45) is 0 Å². The second-order valence-corrected chi connectivity index (χ2v) is 2.23. The van der Waals surface area contributed by atoms with Gasteiger partial charge in [0.25, 0.3) is 0 Å². The predicted molar refractivity (Wildman–Crippen MR) is 38.2 cm³/mol. The molecule has 11 heavy (non-hydrogen) atoms. The Labute approximate surface area is 64.8 Å². The molecule has 4 heteroatoms. The van der Waals surface area contributed by atoms with E-state index in [0.29, 0.717) is 19.8 Å². The molecule has 0 spiro atoms. The van der Waals surface area contributed by atoms with Crippen LogP contribution in [-0.4, -0.2) is 41.9 Å². The molecule has 1 fully saturated rings. The normalized spacial score (nSPS) is 24.3. The van der Waals surface area contributed by atoms with Crippen molar-refractivity contribution in [3.8, 4) is 12.3 Å². The Hall–Kier alpha value is -1.21. The smallest absolute Gasteiger partial charge is 0.408 e. The molecule has 0 aromatic carbocycles. The minimum absolute atomic E-state index is 0.308. The van der Waals surface area contributed by atoms with E-state index in [0.717, 1.165) is 0 Å². The first-order valence-corrected chi connectivity index (χ1v) is 3.29. The summed E-state index contributed by atoms with van der Waals surface area (Å²) < 4.78 is 5.01. The van der Waals surface area contributed by atoms with Gasteiger partial charge in [-0.3, -0.25) is 4.90 Å². The number of ether oxygens (including phenoxy) is 1. The summed E-state index contributed by atoms with van der Waals surface area (Å²) in [5, 5.41) is 8.61. The molecule has 0 saturated carbocycles. The summed E-state index contributed by atoms with van der Waals surface area (Å²) in [6.45, 7) is 1.11. The van der Waals surface area contributed by atoms with Gasteiger partial charge in [-0.05, 0) is 0 Å². The largest absolute Gasteiger partial charge is 0.465 e. The Morgan fingerprint density at radius 3 is 3.00 bits per heavy atom. The van der Waals surface area contributed by atoms with E-state index in [2.05, 4.69) is 5.92 Å². The first-order valence-electron chi connectivity index (χ1n) is 3.29. The fourth-order valence-electron chi connectivity index (χ4n) is 0.971. The molecule has 0 bridgehead atoms. The molecule has 1 rings (SSSR count). The molecular weight excluding hydrogens is 146 g/mol. The molecular formula is C7H9NO3. The number of rotatable bonds is 0. The molecule has 0 aromatic heterocycles. The predicted octanol–water partition coefficient (Wildman–Crippen LogP) is -0.00160. The van der Waals surface area contributed by atoms with Gasteiger partial charge in [-0.25, -0.2) is 4.79 Å². The number of nitrogens with zero attached hydrogens (tertiary/aromatic N) is 1. The minimum atomic E-state index is -0.976. The van der Waals surface area contributed by atoms with Crippen LogP contribution in [0.2, 0.25) is 0 Å². The molecule has 1 saturated heterocycles. The minimum Gasteiger partial charge on any atom is -0.465 e. The molecule has 0 aromatic rings. The van der Waals surface area contributed by atoms with Gasteiger partial charge in [0.2, 0.25) is 0 Å². The van der Waals surface area contributed by atoms with Gasteiger partial charge in [0.15, 0.2) is 0 Å². The Bertz CT molecular complexity index is 196. The maximum Gasteiger partial charge on any atom is 0.408 e. The topological polar surface area (TPSA) is 49.8 Å². The molecule has 4 nitrogen and oxygen atoms in total. The lowest BCUT2D eigenvalue weighted by Gasteiger charge is -2.29. The van der Waals surface area contributed by atoms with E-state index < -0.39 is 12.1 Å². The third kappa shape index (κ3) is 1.63. The van der Waals surface area contributed by atoms with Crippen LogP contribution >= 0.6 is 0 Å². The quantitative estimate of drug-likeness (QED) is 0.501. The van der Waals surface area contributed by atoms with Gasteiger partial charge in [-0.15, -0.1) is 6.42 Å². The van der Waals surface area contributed by atoms with Crippen LogP contribution in [0.1, 0.15) is 0 Å². The van der Waals surface area contributed by atoms with Crippen molar-refractivity contribution in [3.63, 3.8) is 0 Å². The van der Waals surface area contributed by atoms with Crippen LogP contribution in [0, 0.1) is 12.3 Å². The summed E-state index contributed by atoms with van der Waals surface area (Å²) >= 11 is 0. The van der Waals surface area contributed by atoms with E-state index in [1.165, 1.54) is 4.90 Å². The van der Waals surface area contributed by atoms with Gasteiger partial charge in [0.1, 0.15) is 6.04 Å². The lowest BCUT2D eigenvalue weighted by atomic mass is 10.2. The van der Waals surface area contributed by atoms with Crippen molar-refractivity contribution in [2.45, 2.75) is 6.04 Å². The highest BCUT2D eigenvalue weighted by molar-refractivity contribution is 5.66. The monoisotopic (exact) mass is 155 g/mol. The third-order valence-electron chi connectivity index (χ3n) is 1.57. The molecule has 1 N–H and O–H groups in total. The summed E-state index contributed by atoms with van der Waals surface area (Å²) in [6.07, 6.45) is 4.12. The first kappa shape index (κ1) is 7.89. The second kappa shape index (κ2) is 3.26. The van der Waals surface area contributed by atoms with Crippen molar-refractivity contribution >= 4 is 6.09 Å². The maximum absolute atomic E-state index is 10.5. The van der Waals surface area contributed by atoms with Crippen LogP contribution in [0.5, 0.6) is 0 Å². The SMILES string of the molecule is C#C[C@H]1COCCN1C(=O)O. The molecule has 60 valence electrons. The number of carboxylic acid groups (broad SMARTS) is 1. The van der Waals surface area contributed by atoms with Crippen molar-refractivity contribution < 1.29 is 14.6 Å².